The monoisotopic (exact) mass is 378 g/mol. The third-order valence-electron chi connectivity index (χ3n) is 3.65. The molecule has 0 aromatic carbocycles. The average Bonchev–Trinajstić information content (AvgIpc) is 2.53. The van der Waals surface area contributed by atoms with Crippen LogP contribution in [0, 0.1) is 0 Å². The van der Waals surface area contributed by atoms with E-state index in [4.69, 9.17) is 33.2 Å². The smallest absolute Gasteiger partial charge is 0.303 e. The first-order valence-corrected chi connectivity index (χ1v) is 7.96. The summed E-state index contributed by atoms with van der Waals surface area (Å²) in [6, 6.07) is 0. The van der Waals surface area contributed by atoms with Crippen LogP contribution in [0.5, 0.6) is 0 Å². The number of esters is 3. The topological polar surface area (TPSA) is 116 Å². The van der Waals surface area contributed by atoms with Crippen LogP contribution in [0.4, 0.5) is 0 Å². The summed E-state index contributed by atoms with van der Waals surface area (Å²) in [6.45, 7) is 3.64. The first-order chi connectivity index (χ1) is 12.2. The van der Waals surface area contributed by atoms with Gasteiger partial charge in [-0.3, -0.25) is 14.4 Å². The van der Waals surface area contributed by atoms with Crippen LogP contribution >= 0.6 is 0 Å². The predicted molar refractivity (Wildman–Crippen MR) is 85.0 cm³/mol. The summed E-state index contributed by atoms with van der Waals surface area (Å²) < 4.78 is 37.4. The number of rotatable bonds is 8. The summed E-state index contributed by atoms with van der Waals surface area (Å²) in [7, 11) is 4.14. The Morgan fingerprint density at radius 1 is 0.846 bits per heavy atom. The molecule has 0 radical (unpaired) electrons. The van der Waals surface area contributed by atoms with E-state index in [0.29, 0.717) is 0 Å². The van der Waals surface area contributed by atoms with Gasteiger partial charge >= 0.3 is 17.9 Å². The highest BCUT2D eigenvalue weighted by Gasteiger charge is 2.53. The van der Waals surface area contributed by atoms with E-state index in [9.17, 15) is 14.4 Å². The van der Waals surface area contributed by atoms with Crippen molar-refractivity contribution in [3.63, 3.8) is 0 Å². The molecule has 1 fully saturated rings. The zero-order chi connectivity index (χ0) is 19.9. The molecule has 150 valence electrons. The Labute approximate surface area is 151 Å². The molecule has 1 aliphatic heterocycles. The van der Waals surface area contributed by atoms with Crippen molar-refractivity contribution in [3.8, 4) is 0 Å². The minimum absolute atomic E-state index is 0.0207. The van der Waals surface area contributed by atoms with Gasteiger partial charge in [0.1, 0.15) is 12.2 Å². The van der Waals surface area contributed by atoms with Gasteiger partial charge in [0.25, 0.3) is 0 Å². The highest BCUT2D eigenvalue weighted by molar-refractivity contribution is 5.67. The molecule has 6 unspecified atom stereocenters. The molecule has 0 aliphatic carbocycles. The van der Waals surface area contributed by atoms with Gasteiger partial charge in [-0.05, 0) is 0 Å². The molecule has 0 N–H and O–H groups in total. The van der Waals surface area contributed by atoms with Crippen LogP contribution in [-0.2, 0) is 47.5 Å². The molecule has 1 heterocycles. The molecular weight excluding hydrogens is 352 g/mol. The lowest BCUT2D eigenvalue weighted by Gasteiger charge is -2.45. The Morgan fingerprint density at radius 2 is 1.42 bits per heavy atom. The lowest BCUT2D eigenvalue weighted by molar-refractivity contribution is -0.314. The Bertz CT molecular complexity index is 493. The maximum Gasteiger partial charge on any atom is 0.303 e. The van der Waals surface area contributed by atoms with E-state index < -0.39 is 54.7 Å². The van der Waals surface area contributed by atoms with Crippen molar-refractivity contribution in [1.82, 2.24) is 0 Å². The Kier molecular flexibility index (Phi) is 8.93. The van der Waals surface area contributed by atoms with Crippen molar-refractivity contribution in [1.29, 1.82) is 0 Å². The first-order valence-electron chi connectivity index (χ1n) is 7.96. The van der Waals surface area contributed by atoms with Crippen LogP contribution in [0.1, 0.15) is 20.8 Å². The van der Waals surface area contributed by atoms with Crippen LogP contribution in [0.2, 0.25) is 0 Å². The quantitative estimate of drug-likeness (QED) is 0.416. The van der Waals surface area contributed by atoms with Crippen molar-refractivity contribution in [2.75, 3.05) is 27.9 Å². The number of methoxy groups -OCH3 is 3. The van der Waals surface area contributed by atoms with Crippen LogP contribution in [0.3, 0.4) is 0 Å². The normalized spacial score (nSPS) is 29.5. The summed E-state index contributed by atoms with van der Waals surface area (Å²) in [4.78, 5) is 34.5. The number of hydrogen-bond donors (Lipinski definition) is 0. The molecule has 10 heteroatoms. The lowest BCUT2D eigenvalue weighted by atomic mass is 9.94. The van der Waals surface area contributed by atoms with E-state index in [0.717, 1.165) is 0 Å². The summed E-state index contributed by atoms with van der Waals surface area (Å²) in [5.74, 6) is -1.76. The van der Waals surface area contributed by atoms with Crippen molar-refractivity contribution in [2.24, 2.45) is 0 Å². The third-order valence-corrected chi connectivity index (χ3v) is 3.65. The molecule has 1 saturated heterocycles. The highest BCUT2D eigenvalue weighted by Crippen LogP contribution is 2.31. The Morgan fingerprint density at radius 3 is 1.85 bits per heavy atom. The van der Waals surface area contributed by atoms with Crippen LogP contribution in [-0.4, -0.2) is 82.7 Å². The van der Waals surface area contributed by atoms with Gasteiger partial charge in [0.2, 0.25) is 0 Å². The fourth-order valence-electron chi connectivity index (χ4n) is 2.81. The van der Waals surface area contributed by atoms with Crippen molar-refractivity contribution in [2.45, 2.75) is 57.6 Å². The molecule has 0 saturated carbocycles. The van der Waals surface area contributed by atoms with E-state index in [1.165, 1.54) is 42.1 Å². The van der Waals surface area contributed by atoms with Gasteiger partial charge in [0, 0.05) is 42.1 Å². The van der Waals surface area contributed by atoms with E-state index in [1.807, 2.05) is 0 Å². The molecule has 0 aromatic rings. The van der Waals surface area contributed by atoms with Gasteiger partial charge in [-0.2, -0.15) is 0 Å². The minimum Gasteiger partial charge on any atom is -0.457 e. The molecule has 10 nitrogen and oxygen atoms in total. The van der Waals surface area contributed by atoms with Crippen molar-refractivity contribution in [3.05, 3.63) is 0 Å². The van der Waals surface area contributed by atoms with E-state index in [2.05, 4.69) is 0 Å². The molecule has 1 rings (SSSR count). The summed E-state index contributed by atoms with van der Waals surface area (Å²) in [5.41, 5.74) is 0. The van der Waals surface area contributed by atoms with Gasteiger partial charge in [0.05, 0.1) is 6.61 Å². The molecule has 0 bridgehead atoms. The molecular formula is C16H26O10. The van der Waals surface area contributed by atoms with E-state index in [1.54, 1.807) is 0 Å². The largest absolute Gasteiger partial charge is 0.457 e. The standard InChI is InChI=1S/C16H26O10/c1-8(17)23-11(7-20-4)12-14(24-9(2)18)13(21-5)15(25-10(3)19)16(22-6)26-12/h11-16H,7H2,1-6H3. The second kappa shape index (κ2) is 10.4. The van der Waals surface area contributed by atoms with E-state index >= 15 is 0 Å². The zero-order valence-electron chi connectivity index (χ0n) is 15.8. The molecule has 0 aromatic heterocycles. The number of ether oxygens (including phenoxy) is 7. The Hall–Kier alpha value is -1.75. The number of hydrogen-bond acceptors (Lipinski definition) is 10. The maximum atomic E-state index is 11.6. The van der Waals surface area contributed by atoms with Crippen LogP contribution in [0.15, 0.2) is 0 Å². The molecule has 1 aliphatic rings. The molecule has 26 heavy (non-hydrogen) atoms. The number of carbonyl (C=O) groups excluding carboxylic acids is 3. The van der Waals surface area contributed by atoms with E-state index in [-0.39, 0.29) is 6.61 Å². The molecule has 0 spiro atoms. The van der Waals surface area contributed by atoms with Gasteiger partial charge in [-0.1, -0.05) is 0 Å². The van der Waals surface area contributed by atoms with Gasteiger partial charge in [0.15, 0.2) is 24.6 Å². The second-order valence-electron chi connectivity index (χ2n) is 5.66. The van der Waals surface area contributed by atoms with Gasteiger partial charge in [-0.25, -0.2) is 0 Å². The fraction of sp³-hybridized carbons (Fsp3) is 0.812. The van der Waals surface area contributed by atoms with Crippen molar-refractivity contribution < 1.29 is 47.5 Å². The first kappa shape index (κ1) is 22.3. The summed E-state index contributed by atoms with van der Waals surface area (Å²) in [5, 5.41) is 0. The third kappa shape index (κ3) is 5.90. The minimum atomic E-state index is -1.03. The fourth-order valence-corrected chi connectivity index (χ4v) is 2.81. The summed E-state index contributed by atoms with van der Waals surface area (Å²) >= 11 is 0. The van der Waals surface area contributed by atoms with Gasteiger partial charge < -0.3 is 33.2 Å². The maximum absolute atomic E-state index is 11.6. The van der Waals surface area contributed by atoms with Crippen LogP contribution in [0.25, 0.3) is 0 Å². The SMILES string of the molecule is COCC(OC(C)=O)C1OC(OC)C(OC(C)=O)C(OC)C1OC(C)=O. The average molecular weight is 378 g/mol. The zero-order valence-corrected chi connectivity index (χ0v) is 15.8. The Balaban J connectivity index is 3.25. The van der Waals surface area contributed by atoms with Crippen molar-refractivity contribution >= 4 is 17.9 Å². The predicted octanol–water partition coefficient (Wildman–Crippen LogP) is -0.186. The second-order valence-corrected chi connectivity index (χ2v) is 5.66. The number of carbonyl (C=O) groups is 3. The lowest BCUT2D eigenvalue weighted by Crippen LogP contribution is -2.64. The van der Waals surface area contributed by atoms with Gasteiger partial charge in [-0.15, -0.1) is 0 Å². The van der Waals surface area contributed by atoms with Crippen LogP contribution < -0.4 is 0 Å². The summed E-state index contributed by atoms with van der Waals surface area (Å²) in [6.07, 6.45) is -5.85. The molecule has 0 amide bonds. The molecule has 6 atom stereocenters. The highest BCUT2D eigenvalue weighted by atomic mass is 16.7.